The minimum Gasteiger partial charge on any atom is -0.489 e. The van der Waals surface area contributed by atoms with Crippen molar-refractivity contribution < 1.29 is 33.3 Å². The van der Waals surface area contributed by atoms with Crippen LogP contribution in [0.15, 0.2) is 12.1 Å². The summed E-state index contributed by atoms with van der Waals surface area (Å²) in [6.07, 6.45) is 0.726. The SMILES string of the molecule is COCc1cc(C)cc(COC)c1OCCOC(=O)COC(=O)C(CC(C)C)C(C)C. The molecule has 0 radical (unpaired) electrons. The van der Waals surface area contributed by atoms with Crippen LogP contribution < -0.4 is 4.74 Å². The first kappa shape index (κ1) is 26.9. The Labute approximate surface area is 186 Å². The summed E-state index contributed by atoms with van der Waals surface area (Å²) in [4.78, 5) is 24.2. The largest absolute Gasteiger partial charge is 0.489 e. The lowest BCUT2D eigenvalue weighted by molar-refractivity contribution is -0.163. The zero-order valence-corrected chi connectivity index (χ0v) is 20.0. The summed E-state index contributed by atoms with van der Waals surface area (Å²) in [5.74, 6) is 0.0154. The molecule has 0 aliphatic carbocycles. The summed E-state index contributed by atoms with van der Waals surface area (Å²) < 4.78 is 26.7. The minimum absolute atomic E-state index is 0.0444. The minimum atomic E-state index is -0.595. The highest BCUT2D eigenvalue weighted by atomic mass is 16.6. The predicted octanol–water partition coefficient (Wildman–Crippen LogP) is 4.07. The average Bonchev–Trinajstić information content (AvgIpc) is 2.69. The van der Waals surface area contributed by atoms with Crippen LogP contribution in [0.4, 0.5) is 0 Å². The Morgan fingerprint density at radius 3 is 1.97 bits per heavy atom. The molecule has 1 aromatic carbocycles. The Morgan fingerprint density at radius 2 is 1.48 bits per heavy atom. The van der Waals surface area contributed by atoms with E-state index in [4.69, 9.17) is 23.7 Å². The van der Waals surface area contributed by atoms with Crippen LogP contribution in [0.2, 0.25) is 0 Å². The van der Waals surface area contributed by atoms with E-state index in [-0.39, 0.29) is 31.0 Å². The normalized spacial score (nSPS) is 12.2. The quantitative estimate of drug-likeness (QED) is 0.320. The van der Waals surface area contributed by atoms with Gasteiger partial charge < -0.3 is 23.7 Å². The zero-order chi connectivity index (χ0) is 23.4. The van der Waals surface area contributed by atoms with E-state index in [9.17, 15) is 9.59 Å². The molecule has 0 spiro atoms. The molecule has 176 valence electrons. The van der Waals surface area contributed by atoms with Crippen LogP contribution in [0.5, 0.6) is 5.75 Å². The zero-order valence-electron chi connectivity index (χ0n) is 20.0. The van der Waals surface area contributed by atoms with Gasteiger partial charge in [0.05, 0.1) is 19.1 Å². The summed E-state index contributed by atoms with van der Waals surface area (Å²) in [5.41, 5.74) is 2.89. The highest BCUT2D eigenvalue weighted by Crippen LogP contribution is 2.27. The molecule has 0 fully saturated rings. The molecule has 7 heteroatoms. The summed E-state index contributed by atoms with van der Waals surface area (Å²) in [7, 11) is 3.24. The lowest BCUT2D eigenvalue weighted by atomic mass is 9.88. The van der Waals surface area contributed by atoms with E-state index in [1.165, 1.54) is 0 Å². The fraction of sp³-hybridized carbons (Fsp3) is 0.667. The molecule has 0 aromatic heterocycles. The van der Waals surface area contributed by atoms with Crippen LogP contribution >= 0.6 is 0 Å². The van der Waals surface area contributed by atoms with E-state index < -0.39 is 12.6 Å². The van der Waals surface area contributed by atoms with Gasteiger partial charge in [0.1, 0.15) is 19.0 Å². The van der Waals surface area contributed by atoms with E-state index in [1.807, 2.05) is 32.9 Å². The van der Waals surface area contributed by atoms with Crippen LogP contribution in [-0.4, -0.2) is 46.0 Å². The van der Waals surface area contributed by atoms with E-state index in [0.717, 1.165) is 23.1 Å². The van der Waals surface area contributed by atoms with Crippen molar-refractivity contribution in [2.45, 2.75) is 54.3 Å². The maximum atomic E-state index is 12.3. The molecule has 0 saturated carbocycles. The van der Waals surface area contributed by atoms with Gasteiger partial charge in [-0.05, 0) is 25.2 Å². The highest BCUT2D eigenvalue weighted by molar-refractivity contribution is 5.77. The first-order valence-corrected chi connectivity index (χ1v) is 10.7. The highest BCUT2D eigenvalue weighted by Gasteiger charge is 2.25. The summed E-state index contributed by atoms with van der Waals surface area (Å²) in [5, 5.41) is 0. The van der Waals surface area contributed by atoms with Crippen molar-refractivity contribution in [3.05, 3.63) is 28.8 Å². The number of carbonyl (C=O) groups excluding carboxylic acids is 2. The maximum Gasteiger partial charge on any atom is 0.344 e. The number of hydrogen-bond acceptors (Lipinski definition) is 7. The van der Waals surface area contributed by atoms with Crippen LogP contribution in [0, 0.1) is 24.7 Å². The van der Waals surface area contributed by atoms with Gasteiger partial charge in [-0.15, -0.1) is 0 Å². The first-order valence-electron chi connectivity index (χ1n) is 10.7. The van der Waals surface area contributed by atoms with Crippen molar-refractivity contribution in [2.24, 2.45) is 17.8 Å². The van der Waals surface area contributed by atoms with Crippen molar-refractivity contribution in [2.75, 3.05) is 34.0 Å². The van der Waals surface area contributed by atoms with Gasteiger partial charge in [-0.1, -0.05) is 45.4 Å². The van der Waals surface area contributed by atoms with Crippen molar-refractivity contribution in [1.82, 2.24) is 0 Å². The second-order valence-electron chi connectivity index (χ2n) is 8.44. The van der Waals surface area contributed by atoms with E-state index in [1.54, 1.807) is 14.2 Å². The van der Waals surface area contributed by atoms with Crippen LogP contribution in [0.3, 0.4) is 0 Å². The number of benzene rings is 1. The Kier molecular flexibility index (Phi) is 12.2. The van der Waals surface area contributed by atoms with Gasteiger partial charge in [-0.2, -0.15) is 0 Å². The number of ether oxygens (including phenoxy) is 5. The van der Waals surface area contributed by atoms with Crippen LogP contribution in [0.25, 0.3) is 0 Å². The molecule has 1 atom stereocenters. The van der Waals surface area contributed by atoms with Gasteiger partial charge in [0.15, 0.2) is 6.61 Å². The lowest BCUT2D eigenvalue weighted by Crippen LogP contribution is -2.27. The Balaban J connectivity index is 2.54. The molecule has 0 amide bonds. The number of rotatable bonds is 14. The molecule has 0 aliphatic heterocycles. The van der Waals surface area contributed by atoms with Crippen molar-refractivity contribution in [3.63, 3.8) is 0 Å². The van der Waals surface area contributed by atoms with Crippen LogP contribution in [-0.2, 0) is 41.8 Å². The third-order valence-electron chi connectivity index (χ3n) is 4.74. The van der Waals surface area contributed by atoms with Crippen molar-refractivity contribution >= 4 is 11.9 Å². The van der Waals surface area contributed by atoms with E-state index >= 15 is 0 Å². The van der Waals surface area contributed by atoms with Gasteiger partial charge in [-0.25, -0.2) is 4.79 Å². The standard InChI is InChI=1S/C24H38O7/c1-16(2)10-21(17(3)4)24(26)31-15-22(25)29-8-9-30-23-19(13-27-6)11-18(5)12-20(23)14-28-7/h11-12,16-17,21H,8-10,13-15H2,1-7H3. The monoisotopic (exact) mass is 438 g/mol. The molecular weight excluding hydrogens is 400 g/mol. The number of esters is 2. The predicted molar refractivity (Wildman–Crippen MR) is 118 cm³/mol. The molecule has 0 bridgehead atoms. The first-order chi connectivity index (χ1) is 14.7. The molecule has 31 heavy (non-hydrogen) atoms. The molecule has 0 aliphatic rings. The molecule has 1 unspecified atom stereocenters. The smallest absolute Gasteiger partial charge is 0.344 e. The molecule has 0 saturated heterocycles. The van der Waals surface area contributed by atoms with Crippen molar-refractivity contribution in [1.29, 1.82) is 0 Å². The van der Waals surface area contributed by atoms with Gasteiger partial charge >= 0.3 is 11.9 Å². The number of carbonyl (C=O) groups is 2. The lowest BCUT2D eigenvalue weighted by Gasteiger charge is -2.21. The fourth-order valence-corrected chi connectivity index (χ4v) is 3.37. The van der Waals surface area contributed by atoms with Crippen molar-refractivity contribution in [3.8, 4) is 5.75 Å². The third kappa shape index (κ3) is 9.70. The molecule has 0 heterocycles. The van der Waals surface area contributed by atoms with E-state index in [2.05, 4.69) is 13.8 Å². The molecule has 1 rings (SSSR count). The summed E-state index contributed by atoms with van der Waals surface area (Å²) >= 11 is 0. The fourth-order valence-electron chi connectivity index (χ4n) is 3.37. The Morgan fingerprint density at radius 1 is 0.903 bits per heavy atom. The topological polar surface area (TPSA) is 80.3 Å². The summed E-state index contributed by atoms with van der Waals surface area (Å²) in [6.45, 7) is 10.7. The molecule has 0 N–H and O–H groups in total. The van der Waals surface area contributed by atoms with Crippen LogP contribution in [0.1, 0.15) is 50.8 Å². The van der Waals surface area contributed by atoms with Gasteiger partial charge in [0.25, 0.3) is 0 Å². The molecule has 1 aromatic rings. The summed E-state index contributed by atoms with van der Waals surface area (Å²) in [6, 6.07) is 3.98. The molecule has 7 nitrogen and oxygen atoms in total. The van der Waals surface area contributed by atoms with Gasteiger partial charge in [-0.3, -0.25) is 4.79 Å². The third-order valence-corrected chi connectivity index (χ3v) is 4.74. The number of hydrogen-bond donors (Lipinski definition) is 0. The van der Waals surface area contributed by atoms with E-state index in [0.29, 0.717) is 24.9 Å². The second-order valence-corrected chi connectivity index (χ2v) is 8.44. The number of methoxy groups -OCH3 is 2. The Bertz CT molecular complexity index is 670. The maximum absolute atomic E-state index is 12.3. The van der Waals surface area contributed by atoms with Gasteiger partial charge in [0, 0.05) is 25.3 Å². The number of aryl methyl sites for hydroxylation is 1. The molecular formula is C24H38O7. The average molecular weight is 439 g/mol. The second kappa shape index (κ2) is 14.0. The van der Waals surface area contributed by atoms with Gasteiger partial charge in [0.2, 0.25) is 0 Å². The Hall–Kier alpha value is -2.12.